The van der Waals surface area contributed by atoms with Crippen LogP contribution in [0.25, 0.3) is 0 Å². The van der Waals surface area contributed by atoms with E-state index < -0.39 is 6.04 Å². The van der Waals surface area contributed by atoms with Gasteiger partial charge in [0, 0.05) is 19.2 Å². The van der Waals surface area contributed by atoms with E-state index in [2.05, 4.69) is 0 Å². The van der Waals surface area contributed by atoms with Crippen molar-refractivity contribution in [2.45, 2.75) is 25.8 Å². The number of para-hydroxylation sites is 1. The van der Waals surface area contributed by atoms with Crippen LogP contribution < -0.4 is 4.90 Å². The van der Waals surface area contributed by atoms with Gasteiger partial charge in [0.25, 0.3) is 5.91 Å². The second-order valence-electron chi connectivity index (χ2n) is 5.38. The largest absolute Gasteiger partial charge is 0.506 e. The molecule has 0 bridgehead atoms. The smallest absolute Gasteiger partial charge is 0.250 e. The van der Waals surface area contributed by atoms with Crippen molar-refractivity contribution < 1.29 is 14.7 Å². The maximum absolute atomic E-state index is 12.8. The Kier molecular flexibility index (Phi) is 3.80. The molecule has 1 N–H and O–H groups in total. The first-order valence-electron chi connectivity index (χ1n) is 7.07. The molecule has 1 atom stereocenters. The maximum atomic E-state index is 12.8. The van der Waals surface area contributed by atoms with Crippen LogP contribution in [0.5, 0.6) is 5.75 Å². The van der Waals surface area contributed by atoms with Gasteiger partial charge in [-0.05, 0) is 24.5 Å². The van der Waals surface area contributed by atoms with E-state index in [1.54, 1.807) is 33.7 Å². The van der Waals surface area contributed by atoms with Gasteiger partial charge < -0.3 is 14.9 Å². The fourth-order valence-corrected chi connectivity index (χ4v) is 4.20. The molecule has 1 fully saturated rings. The standard InChI is InChI=1S/C15H18N2O3S/c1-10(18)17-9-21-8-12(17)15(20)16-7-3-5-11-4-2-6-13(19)14(11)16/h2,4,6,12,19H,3,5,7-9H2,1H3. The van der Waals surface area contributed by atoms with Crippen LogP contribution >= 0.6 is 11.8 Å². The average molecular weight is 306 g/mol. The predicted octanol–water partition coefficient (Wildman–Crippen LogP) is 1.59. The lowest BCUT2D eigenvalue weighted by Gasteiger charge is -2.33. The molecule has 1 aromatic rings. The van der Waals surface area contributed by atoms with Gasteiger partial charge in [0.1, 0.15) is 11.8 Å². The molecule has 3 rings (SSSR count). The van der Waals surface area contributed by atoms with Crippen LogP contribution in [0.15, 0.2) is 18.2 Å². The molecule has 5 nitrogen and oxygen atoms in total. The molecule has 2 aliphatic rings. The molecule has 0 aliphatic carbocycles. The normalized spacial score (nSPS) is 21.3. The van der Waals surface area contributed by atoms with Crippen LogP contribution in [-0.2, 0) is 16.0 Å². The van der Waals surface area contributed by atoms with Crippen molar-refractivity contribution in [3.63, 3.8) is 0 Å². The number of thioether (sulfide) groups is 1. The van der Waals surface area contributed by atoms with Crippen LogP contribution in [0.3, 0.4) is 0 Å². The summed E-state index contributed by atoms with van der Waals surface area (Å²) in [4.78, 5) is 27.8. The Morgan fingerprint density at radius 1 is 1.38 bits per heavy atom. The fraction of sp³-hybridized carbons (Fsp3) is 0.467. The van der Waals surface area contributed by atoms with Crippen molar-refractivity contribution in [2.75, 3.05) is 23.1 Å². The molecular formula is C15H18N2O3S. The van der Waals surface area contributed by atoms with Gasteiger partial charge in [0.15, 0.2) is 0 Å². The summed E-state index contributed by atoms with van der Waals surface area (Å²) < 4.78 is 0. The van der Waals surface area contributed by atoms with Crippen molar-refractivity contribution >= 4 is 29.3 Å². The molecule has 0 saturated carbocycles. The number of phenols is 1. The number of anilines is 1. The molecule has 1 saturated heterocycles. The molecular weight excluding hydrogens is 288 g/mol. The number of rotatable bonds is 1. The number of hydrogen-bond donors (Lipinski definition) is 1. The molecule has 1 unspecified atom stereocenters. The lowest BCUT2D eigenvalue weighted by atomic mass is 10.00. The van der Waals surface area contributed by atoms with Gasteiger partial charge in [-0.15, -0.1) is 11.8 Å². The summed E-state index contributed by atoms with van der Waals surface area (Å²) in [6.45, 7) is 2.09. The molecule has 1 aromatic carbocycles. The highest BCUT2D eigenvalue weighted by molar-refractivity contribution is 7.99. The summed E-state index contributed by atoms with van der Waals surface area (Å²) in [7, 11) is 0. The first-order valence-corrected chi connectivity index (χ1v) is 8.22. The highest BCUT2D eigenvalue weighted by Crippen LogP contribution is 2.36. The summed E-state index contributed by atoms with van der Waals surface area (Å²) in [5.74, 6) is 1.16. The number of benzene rings is 1. The molecule has 2 amide bonds. The van der Waals surface area contributed by atoms with Gasteiger partial charge in [-0.2, -0.15) is 0 Å². The molecule has 2 aliphatic heterocycles. The number of phenolic OH excluding ortho intramolecular Hbond substituents is 1. The molecule has 2 heterocycles. The van der Waals surface area contributed by atoms with E-state index in [1.165, 1.54) is 6.92 Å². The summed E-state index contributed by atoms with van der Waals surface area (Å²) in [6, 6.07) is 4.94. The lowest BCUT2D eigenvalue weighted by molar-refractivity contribution is -0.135. The van der Waals surface area contributed by atoms with E-state index in [-0.39, 0.29) is 17.6 Å². The molecule has 6 heteroatoms. The monoisotopic (exact) mass is 306 g/mol. The first-order chi connectivity index (χ1) is 10.1. The van der Waals surface area contributed by atoms with Gasteiger partial charge in [-0.25, -0.2) is 0 Å². The van der Waals surface area contributed by atoms with Gasteiger partial charge in [-0.3, -0.25) is 9.59 Å². The highest BCUT2D eigenvalue weighted by Gasteiger charge is 2.38. The first kappa shape index (κ1) is 14.3. The van der Waals surface area contributed by atoms with Gasteiger partial charge in [0.05, 0.1) is 11.6 Å². The average Bonchev–Trinajstić information content (AvgIpc) is 2.96. The van der Waals surface area contributed by atoms with Crippen molar-refractivity contribution in [3.8, 4) is 5.75 Å². The fourth-order valence-electron chi connectivity index (χ4n) is 2.99. The second kappa shape index (κ2) is 5.60. The minimum absolute atomic E-state index is 0.0760. The van der Waals surface area contributed by atoms with E-state index in [9.17, 15) is 14.7 Å². The summed E-state index contributed by atoms with van der Waals surface area (Å²) in [6.07, 6.45) is 1.74. The van der Waals surface area contributed by atoms with E-state index in [1.807, 2.05) is 6.07 Å². The number of aryl methyl sites for hydroxylation is 1. The zero-order valence-electron chi connectivity index (χ0n) is 11.9. The third kappa shape index (κ3) is 2.48. The topological polar surface area (TPSA) is 60.9 Å². The number of fused-ring (bicyclic) bond motifs is 1. The van der Waals surface area contributed by atoms with E-state index in [0.29, 0.717) is 23.9 Å². The predicted molar refractivity (Wildman–Crippen MR) is 82.4 cm³/mol. The second-order valence-corrected chi connectivity index (χ2v) is 6.38. The van der Waals surface area contributed by atoms with Gasteiger partial charge >= 0.3 is 0 Å². The molecule has 21 heavy (non-hydrogen) atoms. The Morgan fingerprint density at radius 2 is 2.19 bits per heavy atom. The Labute approximate surface area is 127 Å². The van der Waals surface area contributed by atoms with E-state index >= 15 is 0 Å². The molecule has 0 aromatic heterocycles. The Hall–Kier alpha value is -1.69. The number of carbonyl (C=O) groups is 2. The number of hydrogen-bond acceptors (Lipinski definition) is 4. The SMILES string of the molecule is CC(=O)N1CSCC1C(=O)N1CCCc2cccc(O)c21. The quantitative estimate of drug-likeness (QED) is 0.856. The minimum Gasteiger partial charge on any atom is -0.506 e. The van der Waals surface area contributed by atoms with Crippen LogP contribution in [0, 0.1) is 0 Å². The Bertz CT molecular complexity index is 590. The van der Waals surface area contributed by atoms with E-state index in [4.69, 9.17) is 0 Å². The maximum Gasteiger partial charge on any atom is 0.250 e. The summed E-state index contributed by atoms with van der Waals surface area (Å²) in [5.41, 5.74) is 1.61. The number of amides is 2. The third-order valence-corrected chi connectivity index (χ3v) is 5.05. The highest BCUT2D eigenvalue weighted by atomic mass is 32.2. The molecule has 112 valence electrons. The summed E-state index contributed by atoms with van der Waals surface area (Å²) >= 11 is 1.59. The number of aromatic hydroxyl groups is 1. The van der Waals surface area contributed by atoms with Crippen LogP contribution in [0.2, 0.25) is 0 Å². The number of carbonyl (C=O) groups excluding carboxylic acids is 2. The number of nitrogens with zero attached hydrogens (tertiary/aromatic N) is 2. The van der Waals surface area contributed by atoms with Crippen molar-refractivity contribution in [1.82, 2.24) is 4.90 Å². The van der Waals surface area contributed by atoms with Gasteiger partial charge in [-0.1, -0.05) is 12.1 Å². The molecule has 0 spiro atoms. The zero-order chi connectivity index (χ0) is 15.0. The zero-order valence-corrected chi connectivity index (χ0v) is 12.7. The van der Waals surface area contributed by atoms with Crippen molar-refractivity contribution in [2.24, 2.45) is 0 Å². The minimum atomic E-state index is -0.418. The van der Waals surface area contributed by atoms with Crippen LogP contribution in [0.1, 0.15) is 18.9 Å². The van der Waals surface area contributed by atoms with E-state index in [0.717, 1.165) is 18.4 Å². The Balaban J connectivity index is 1.92. The van der Waals surface area contributed by atoms with Crippen molar-refractivity contribution in [3.05, 3.63) is 23.8 Å². The van der Waals surface area contributed by atoms with Gasteiger partial charge in [0.2, 0.25) is 5.91 Å². The third-order valence-electron chi connectivity index (χ3n) is 4.03. The Morgan fingerprint density at radius 3 is 2.95 bits per heavy atom. The van der Waals surface area contributed by atoms with Crippen LogP contribution in [-0.4, -0.2) is 46.0 Å². The van der Waals surface area contributed by atoms with Crippen LogP contribution in [0.4, 0.5) is 5.69 Å². The molecule has 0 radical (unpaired) electrons. The lowest BCUT2D eigenvalue weighted by Crippen LogP contribution is -2.50. The summed E-state index contributed by atoms with van der Waals surface area (Å²) in [5, 5.41) is 10.1. The van der Waals surface area contributed by atoms with Crippen molar-refractivity contribution in [1.29, 1.82) is 0 Å².